The Morgan fingerprint density at radius 1 is 1.33 bits per heavy atom. The summed E-state index contributed by atoms with van der Waals surface area (Å²) in [5, 5.41) is 15.9. The maximum Gasteiger partial charge on any atom is 0.263 e. The summed E-state index contributed by atoms with van der Waals surface area (Å²) in [4.78, 5) is 16.3. The maximum atomic E-state index is 11.9. The molecule has 2 heterocycles. The van der Waals surface area contributed by atoms with Crippen molar-refractivity contribution < 1.29 is 4.79 Å². The van der Waals surface area contributed by atoms with Gasteiger partial charge >= 0.3 is 0 Å². The van der Waals surface area contributed by atoms with Crippen LogP contribution in [-0.2, 0) is 11.3 Å². The van der Waals surface area contributed by atoms with Gasteiger partial charge in [-0.05, 0) is 25.1 Å². The number of rotatable bonds is 5. The van der Waals surface area contributed by atoms with E-state index in [0.29, 0.717) is 5.82 Å². The second-order valence-electron chi connectivity index (χ2n) is 5.34. The Morgan fingerprint density at radius 3 is 2.83 bits per heavy atom. The summed E-state index contributed by atoms with van der Waals surface area (Å²) in [6, 6.07) is 11.4. The number of hydrogen-bond donors (Lipinski definition) is 2. The Hall–Kier alpha value is -3.29. The van der Waals surface area contributed by atoms with Gasteiger partial charge in [-0.1, -0.05) is 30.3 Å². The van der Waals surface area contributed by atoms with Gasteiger partial charge in [0, 0.05) is 22.5 Å². The Morgan fingerprint density at radius 2 is 2.12 bits per heavy atom. The average molecular weight is 323 g/mol. The number of benzene rings is 1. The number of carbonyl (C=O) groups is 1. The number of aryl methyl sites for hydroxylation is 2. The van der Waals surface area contributed by atoms with Gasteiger partial charge in [0.05, 0.1) is 6.21 Å². The van der Waals surface area contributed by atoms with Crippen molar-refractivity contribution in [3.63, 3.8) is 0 Å². The molecular formula is C16H17N7O. The molecule has 0 saturated carbocycles. The summed E-state index contributed by atoms with van der Waals surface area (Å²) < 4.78 is 0. The molecule has 0 fully saturated rings. The number of hydrazone groups is 1. The third kappa shape index (κ3) is 3.72. The van der Waals surface area contributed by atoms with Crippen LogP contribution in [0, 0.1) is 13.8 Å². The zero-order chi connectivity index (χ0) is 16.9. The second kappa shape index (κ2) is 6.86. The van der Waals surface area contributed by atoms with Crippen LogP contribution in [0.3, 0.4) is 0 Å². The SMILES string of the molecule is Cc1cc(/C=N/NC(=O)Cn2nnc(-c3ccccc3)n2)c(C)[nH]1. The van der Waals surface area contributed by atoms with E-state index < -0.39 is 0 Å². The van der Waals surface area contributed by atoms with Gasteiger partial charge in [-0.3, -0.25) is 4.79 Å². The number of nitrogens with one attached hydrogen (secondary N) is 2. The van der Waals surface area contributed by atoms with Crippen molar-refractivity contribution in [2.24, 2.45) is 5.10 Å². The zero-order valence-corrected chi connectivity index (χ0v) is 13.4. The van der Waals surface area contributed by atoms with Gasteiger partial charge in [0.1, 0.15) is 6.54 Å². The maximum absolute atomic E-state index is 11.9. The lowest BCUT2D eigenvalue weighted by atomic mass is 10.2. The first-order valence-corrected chi connectivity index (χ1v) is 7.43. The molecule has 8 heteroatoms. The molecule has 122 valence electrons. The zero-order valence-electron chi connectivity index (χ0n) is 13.4. The topological polar surface area (TPSA) is 101 Å². The molecule has 3 rings (SSSR count). The summed E-state index contributed by atoms with van der Waals surface area (Å²) in [7, 11) is 0. The average Bonchev–Trinajstić information content (AvgIpc) is 3.15. The molecule has 8 nitrogen and oxygen atoms in total. The molecule has 1 aromatic carbocycles. The number of nitrogens with zero attached hydrogens (tertiary/aromatic N) is 5. The number of H-pyrrole nitrogens is 1. The van der Waals surface area contributed by atoms with Crippen molar-refractivity contribution in [3.8, 4) is 11.4 Å². The summed E-state index contributed by atoms with van der Waals surface area (Å²) in [6.45, 7) is 3.85. The highest BCUT2D eigenvalue weighted by molar-refractivity contribution is 5.83. The van der Waals surface area contributed by atoms with E-state index in [1.165, 1.54) is 4.80 Å². The Kier molecular flexibility index (Phi) is 4.46. The number of aromatic nitrogens is 5. The highest BCUT2D eigenvalue weighted by atomic mass is 16.2. The molecule has 24 heavy (non-hydrogen) atoms. The van der Waals surface area contributed by atoms with Crippen LogP contribution in [0.5, 0.6) is 0 Å². The molecule has 0 bridgehead atoms. The molecule has 2 aromatic heterocycles. The van der Waals surface area contributed by atoms with E-state index in [1.807, 2.05) is 50.2 Å². The largest absolute Gasteiger partial charge is 0.362 e. The lowest BCUT2D eigenvalue weighted by Gasteiger charge is -1.98. The minimum Gasteiger partial charge on any atom is -0.362 e. The predicted octanol–water partition coefficient (Wildman–Crippen LogP) is 1.44. The first-order chi connectivity index (χ1) is 11.6. The molecule has 0 atom stereocenters. The molecule has 2 N–H and O–H groups in total. The molecule has 0 saturated heterocycles. The minimum absolute atomic E-state index is 0.0533. The monoisotopic (exact) mass is 323 g/mol. The molecule has 0 unspecified atom stereocenters. The van der Waals surface area contributed by atoms with Gasteiger partial charge in [0.2, 0.25) is 5.82 Å². The van der Waals surface area contributed by atoms with Crippen molar-refractivity contribution in [1.82, 2.24) is 30.6 Å². The van der Waals surface area contributed by atoms with Gasteiger partial charge in [0.25, 0.3) is 5.91 Å². The van der Waals surface area contributed by atoms with E-state index in [1.54, 1.807) is 6.21 Å². The van der Waals surface area contributed by atoms with Gasteiger partial charge in [-0.15, -0.1) is 10.2 Å². The number of hydrogen-bond acceptors (Lipinski definition) is 5. The number of carbonyl (C=O) groups excluding carboxylic acids is 1. The van der Waals surface area contributed by atoms with Crippen molar-refractivity contribution in [2.75, 3.05) is 0 Å². The van der Waals surface area contributed by atoms with Crippen LogP contribution in [0.25, 0.3) is 11.4 Å². The van der Waals surface area contributed by atoms with Crippen LogP contribution in [0.1, 0.15) is 17.0 Å². The first-order valence-electron chi connectivity index (χ1n) is 7.43. The Bertz CT molecular complexity index is 864. The number of aromatic amines is 1. The van der Waals surface area contributed by atoms with Crippen LogP contribution in [-0.4, -0.2) is 37.3 Å². The smallest absolute Gasteiger partial charge is 0.263 e. The fourth-order valence-corrected chi connectivity index (χ4v) is 2.23. The normalized spacial score (nSPS) is 11.1. The lowest BCUT2D eigenvalue weighted by Crippen LogP contribution is -2.24. The van der Waals surface area contributed by atoms with E-state index in [4.69, 9.17) is 0 Å². The molecule has 3 aromatic rings. The van der Waals surface area contributed by atoms with E-state index in [9.17, 15) is 4.79 Å². The van der Waals surface area contributed by atoms with Crippen LogP contribution in [0.4, 0.5) is 0 Å². The van der Waals surface area contributed by atoms with E-state index >= 15 is 0 Å². The van der Waals surface area contributed by atoms with Crippen molar-refractivity contribution in [1.29, 1.82) is 0 Å². The van der Waals surface area contributed by atoms with Gasteiger partial charge in [-0.25, -0.2) is 5.43 Å². The summed E-state index contributed by atoms with van der Waals surface area (Å²) in [6.07, 6.45) is 1.60. The van der Waals surface area contributed by atoms with Crippen molar-refractivity contribution in [2.45, 2.75) is 20.4 Å². The second-order valence-corrected chi connectivity index (χ2v) is 5.34. The third-order valence-corrected chi connectivity index (χ3v) is 3.35. The molecule has 0 aliphatic rings. The Labute approximate surface area is 138 Å². The van der Waals surface area contributed by atoms with Crippen molar-refractivity contribution in [3.05, 3.63) is 53.3 Å². The third-order valence-electron chi connectivity index (χ3n) is 3.35. The number of tetrazole rings is 1. The summed E-state index contributed by atoms with van der Waals surface area (Å²) in [5.74, 6) is 0.151. The molecule has 1 amide bonds. The van der Waals surface area contributed by atoms with Gasteiger partial charge in [-0.2, -0.15) is 9.90 Å². The van der Waals surface area contributed by atoms with Crippen molar-refractivity contribution >= 4 is 12.1 Å². The highest BCUT2D eigenvalue weighted by Crippen LogP contribution is 2.11. The van der Waals surface area contributed by atoms with Crippen LogP contribution >= 0.6 is 0 Å². The van der Waals surface area contributed by atoms with Gasteiger partial charge in [0.15, 0.2) is 0 Å². The quantitative estimate of drug-likeness (QED) is 0.548. The summed E-state index contributed by atoms with van der Waals surface area (Å²) >= 11 is 0. The lowest BCUT2D eigenvalue weighted by molar-refractivity contribution is -0.122. The molecule has 0 aliphatic heterocycles. The predicted molar refractivity (Wildman–Crippen MR) is 89.3 cm³/mol. The first kappa shape index (κ1) is 15.6. The number of amides is 1. The molecule has 0 aliphatic carbocycles. The van der Waals surface area contributed by atoms with Gasteiger partial charge < -0.3 is 4.98 Å². The van der Waals surface area contributed by atoms with E-state index in [2.05, 4.69) is 30.9 Å². The fraction of sp³-hybridized carbons (Fsp3) is 0.188. The van der Waals surface area contributed by atoms with Crippen LogP contribution in [0.15, 0.2) is 41.5 Å². The molecule has 0 spiro atoms. The van der Waals surface area contributed by atoms with E-state index in [0.717, 1.165) is 22.5 Å². The minimum atomic E-state index is -0.326. The van der Waals surface area contributed by atoms with Crippen LogP contribution < -0.4 is 5.43 Å². The Balaban J connectivity index is 1.57. The fourth-order valence-electron chi connectivity index (χ4n) is 2.23. The van der Waals surface area contributed by atoms with E-state index in [-0.39, 0.29) is 12.5 Å². The summed E-state index contributed by atoms with van der Waals surface area (Å²) in [5.41, 5.74) is 6.27. The molecule has 0 radical (unpaired) electrons. The standard InChI is InChI=1S/C16H17N7O/c1-11-8-14(12(2)18-11)9-17-19-15(24)10-23-21-16(20-22-23)13-6-4-3-5-7-13/h3-9,18H,10H2,1-2H3,(H,19,24)/b17-9+. The molecular weight excluding hydrogens is 306 g/mol. The van der Waals surface area contributed by atoms with Crippen LogP contribution in [0.2, 0.25) is 0 Å². The highest BCUT2D eigenvalue weighted by Gasteiger charge is 2.08.